The molecule has 0 aliphatic carbocycles. The third-order valence-electron chi connectivity index (χ3n) is 13.3. The second-order valence-corrected chi connectivity index (χ2v) is 19.2. The molecule has 2 atom stereocenters. The van der Waals surface area contributed by atoms with Crippen LogP contribution in [0.15, 0.2) is 152 Å². The number of aromatic nitrogens is 2. The fourth-order valence-electron chi connectivity index (χ4n) is 9.98. The number of fused-ring (bicyclic) bond motifs is 3. The Morgan fingerprint density at radius 2 is 1.15 bits per heavy atom. The summed E-state index contributed by atoms with van der Waals surface area (Å²) >= 11 is 0. The average Bonchev–Trinajstić information content (AvgIpc) is 3.82. The summed E-state index contributed by atoms with van der Waals surface area (Å²) in [5.41, 5.74) is 13.3. The smallest absolute Gasteiger partial charge is 0.181 e. The Bertz CT molecular complexity index is 3010. The molecule has 2 aromatic heterocycles. The van der Waals surface area contributed by atoms with Crippen LogP contribution >= 0.6 is 0 Å². The topological polar surface area (TPSA) is 17.8 Å². The number of aryl methyl sites for hydroxylation is 2. The molecular weight excluding hydrogens is 717 g/mol. The number of nitrogens with zero attached hydrogens (tertiary/aromatic N) is 4. The molecule has 1 saturated heterocycles. The van der Waals surface area contributed by atoms with E-state index in [-0.39, 0.29) is 15.3 Å². The molecule has 59 heavy (non-hydrogen) atoms. The van der Waals surface area contributed by atoms with Crippen molar-refractivity contribution >= 4 is 38.9 Å². The Hall–Kier alpha value is -5.81. The second kappa shape index (κ2) is 12.8. The highest BCUT2D eigenvalue weighted by Gasteiger charge is 2.60. The Balaban J connectivity index is 1.31. The van der Waals surface area contributed by atoms with Crippen molar-refractivity contribution in [2.45, 2.75) is 71.6 Å². The van der Waals surface area contributed by atoms with Gasteiger partial charge in [0.25, 0.3) is 0 Å². The highest BCUT2D eigenvalue weighted by Crippen LogP contribution is 2.62. The summed E-state index contributed by atoms with van der Waals surface area (Å²) in [7, 11) is 0. The van der Waals surface area contributed by atoms with Crippen molar-refractivity contribution in [3.05, 3.63) is 203 Å². The van der Waals surface area contributed by atoms with Gasteiger partial charge in [-0.1, -0.05) is 139 Å². The molecule has 0 N–H and O–H groups in total. The first-order chi connectivity index (χ1) is 29.4. The third-order valence-corrected chi connectivity index (χ3v) is 13.3. The SMILES string of the molecule is [2H]C([2H])([2H])[N@+]12[CH-][N@+](c3cc(C(C)(C)C)cc(C(c4ccccc4)(c4ccccc4)c4ccc5c6ccccc6n(-c6cc(C(C)(C)C)ccn6)c5c4)c3)(C1)c1cc(C)c(C)cc12. The second-order valence-electron chi connectivity index (χ2n) is 19.2. The maximum absolute atomic E-state index is 8.87. The first kappa shape index (κ1) is 34.1. The van der Waals surface area contributed by atoms with Crippen molar-refractivity contribution in [2.75, 3.05) is 13.6 Å². The van der Waals surface area contributed by atoms with E-state index in [0.717, 1.165) is 72.7 Å². The van der Waals surface area contributed by atoms with Crippen LogP contribution in [0, 0.1) is 20.5 Å². The number of rotatable bonds is 6. The minimum absolute atomic E-state index is 0.0531. The van der Waals surface area contributed by atoms with E-state index in [0.29, 0.717) is 11.2 Å². The predicted octanol–water partition coefficient (Wildman–Crippen LogP) is 13.5. The normalized spacial score (nSPS) is 19.9. The van der Waals surface area contributed by atoms with Crippen LogP contribution in [0.2, 0.25) is 0 Å². The number of hydrogen-bond acceptors (Lipinski definition) is 1. The molecule has 4 nitrogen and oxygen atoms in total. The summed E-state index contributed by atoms with van der Waals surface area (Å²) < 4.78 is 29.2. The quantitative estimate of drug-likeness (QED) is 0.0935. The van der Waals surface area contributed by atoms with Crippen molar-refractivity contribution in [1.82, 2.24) is 18.5 Å². The lowest BCUT2D eigenvalue weighted by Gasteiger charge is -2.55. The van der Waals surface area contributed by atoms with E-state index in [4.69, 9.17) is 9.10 Å². The lowest BCUT2D eigenvalue weighted by Crippen LogP contribution is -2.68. The molecule has 5 heterocycles. The molecule has 0 spiro atoms. The van der Waals surface area contributed by atoms with Crippen LogP contribution in [0.5, 0.6) is 0 Å². The average molecular weight is 775 g/mol. The highest BCUT2D eigenvalue weighted by molar-refractivity contribution is 6.09. The molecular formula is C55H55N4+. The summed E-state index contributed by atoms with van der Waals surface area (Å²) in [5.74, 6) is 0.890. The molecule has 4 heteroatoms. The number of pyridine rings is 1. The third kappa shape index (κ3) is 5.53. The summed E-state index contributed by atoms with van der Waals surface area (Å²) in [6, 6.07) is 53.4. The fraction of sp³-hybridized carbons (Fsp3) is 0.236. The van der Waals surface area contributed by atoms with Gasteiger partial charge < -0.3 is 4.48 Å². The van der Waals surface area contributed by atoms with Crippen LogP contribution in [-0.4, -0.2) is 23.2 Å². The van der Waals surface area contributed by atoms with Crippen molar-refractivity contribution in [2.24, 2.45) is 0 Å². The first-order valence-corrected chi connectivity index (χ1v) is 20.9. The predicted molar refractivity (Wildman–Crippen MR) is 249 cm³/mol. The van der Waals surface area contributed by atoms with E-state index in [1.165, 1.54) is 16.5 Å². The molecule has 0 unspecified atom stereocenters. The molecule has 6 aromatic carbocycles. The van der Waals surface area contributed by atoms with E-state index in [2.05, 4.69) is 212 Å². The number of quaternary nitrogens is 2. The number of hydrogen-bond donors (Lipinski definition) is 0. The summed E-state index contributed by atoms with van der Waals surface area (Å²) in [5, 5.41) is 2.34. The van der Waals surface area contributed by atoms with Gasteiger partial charge in [0.15, 0.2) is 18.0 Å². The number of para-hydroxylation sites is 1. The maximum Gasteiger partial charge on any atom is 0.181 e. The van der Waals surface area contributed by atoms with Gasteiger partial charge in [0.05, 0.1) is 34.2 Å². The van der Waals surface area contributed by atoms with Gasteiger partial charge in [0, 0.05) is 41.2 Å². The lowest BCUT2D eigenvalue weighted by atomic mass is 9.64. The van der Waals surface area contributed by atoms with E-state index in [9.17, 15) is 0 Å². The monoisotopic (exact) mass is 774 g/mol. The summed E-state index contributed by atoms with van der Waals surface area (Å²) in [6.07, 6.45) is 1.94. The van der Waals surface area contributed by atoms with Crippen molar-refractivity contribution in [3.8, 4) is 5.82 Å². The summed E-state index contributed by atoms with van der Waals surface area (Å²) in [6.45, 7) is 18.0. The molecule has 0 amide bonds. The number of benzene rings is 6. The summed E-state index contributed by atoms with van der Waals surface area (Å²) in [4.78, 5) is 5.04. The van der Waals surface area contributed by atoms with Gasteiger partial charge in [-0.3, -0.25) is 9.05 Å². The van der Waals surface area contributed by atoms with Crippen molar-refractivity contribution < 1.29 is 4.11 Å². The first-order valence-electron chi connectivity index (χ1n) is 22.4. The Kier molecular flexibility index (Phi) is 7.42. The van der Waals surface area contributed by atoms with E-state index < -0.39 is 12.4 Å². The van der Waals surface area contributed by atoms with Gasteiger partial charge in [-0.05, 0) is 93.5 Å². The molecule has 2 bridgehead atoms. The van der Waals surface area contributed by atoms with E-state index in [1.54, 1.807) is 0 Å². The minimum Gasteiger partial charge on any atom is -0.325 e. The van der Waals surface area contributed by atoms with Gasteiger partial charge in [-0.2, -0.15) is 0 Å². The van der Waals surface area contributed by atoms with Crippen LogP contribution < -0.4 is 8.97 Å². The van der Waals surface area contributed by atoms with Gasteiger partial charge >= 0.3 is 0 Å². The molecule has 3 aliphatic rings. The van der Waals surface area contributed by atoms with Gasteiger partial charge in [-0.15, -0.1) is 0 Å². The standard InChI is InChI=1S/C55H55N4/c1-37-28-50-51(29-38(37)2)59(35-58(50,9)36-59)45-31-43(54(6,7)8)30-44(32-45)55(39-18-12-10-13-19-39,40-20-14-11-15-21-40)42-24-25-47-46-22-16-17-23-48(46)57(49(47)33-42)52-34-41(26-27-56-52)53(3,4)5/h10-35H,36H2,1-9H3/q+1/t58-,59+/m0/s1/i9D3. The van der Waals surface area contributed by atoms with Crippen LogP contribution in [-0.2, 0) is 16.2 Å². The molecule has 11 rings (SSSR count). The van der Waals surface area contributed by atoms with Gasteiger partial charge in [0.1, 0.15) is 11.5 Å². The Morgan fingerprint density at radius 3 is 1.80 bits per heavy atom. The zero-order valence-corrected chi connectivity index (χ0v) is 35.5. The Labute approximate surface area is 354 Å². The minimum atomic E-state index is -2.24. The van der Waals surface area contributed by atoms with Crippen LogP contribution in [0.25, 0.3) is 27.6 Å². The van der Waals surface area contributed by atoms with Crippen LogP contribution in [0.1, 0.15) is 90.2 Å². The maximum atomic E-state index is 8.87. The highest BCUT2D eigenvalue weighted by atomic mass is 15.7. The van der Waals surface area contributed by atoms with Gasteiger partial charge in [-0.25, -0.2) is 4.98 Å². The van der Waals surface area contributed by atoms with Crippen LogP contribution in [0.4, 0.5) is 17.1 Å². The fourth-order valence-corrected chi connectivity index (χ4v) is 9.98. The van der Waals surface area contributed by atoms with Crippen molar-refractivity contribution in [3.63, 3.8) is 0 Å². The van der Waals surface area contributed by atoms with Gasteiger partial charge in [0.2, 0.25) is 0 Å². The zero-order chi connectivity index (χ0) is 43.6. The molecule has 1 fully saturated rings. The molecule has 3 aliphatic heterocycles. The zero-order valence-electron chi connectivity index (χ0n) is 38.5. The molecule has 294 valence electrons. The Morgan fingerprint density at radius 1 is 0.559 bits per heavy atom. The lowest BCUT2D eigenvalue weighted by molar-refractivity contribution is 0.157. The van der Waals surface area contributed by atoms with E-state index >= 15 is 0 Å². The largest absolute Gasteiger partial charge is 0.325 e. The van der Waals surface area contributed by atoms with Crippen molar-refractivity contribution in [1.29, 1.82) is 0 Å². The van der Waals surface area contributed by atoms with Crippen LogP contribution in [0.3, 0.4) is 0 Å². The van der Waals surface area contributed by atoms with E-state index in [1.807, 2.05) is 6.20 Å². The molecule has 8 aromatic rings. The molecule has 0 saturated carbocycles. The molecule has 0 radical (unpaired) electrons.